The van der Waals surface area contributed by atoms with Gasteiger partial charge in [-0.2, -0.15) is 0 Å². The molecule has 0 aliphatic heterocycles. The van der Waals surface area contributed by atoms with E-state index in [1.54, 1.807) is 18.2 Å². The van der Waals surface area contributed by atoms with E-state index in [-0.39, 0.29) is 11.9 Å². The Morgan fingerprint density at radius 3 is 2.57 bits per heavy atom. The lowest BCUT2D eigenvalue weighted by Gasteiger charge is -2.08. The van der Waals surface area contributed by atoms with Crippen molar-refractivity contribution in [2.75, 3.05) is 11.9 Å². The van der Waals surface area contributed by atoms with Gasteiger partial charge in [-0.05, 0) is 43.2 Å². The second-order valence-electron chi connectivity index (χ2n) is 6.12. The molecule has 4 N–H and O–H groups in total. The monoisotopic (exact) mass is 407 g/mol. The fourth-order valence-corrected chi connectivity index (χ4v) is 2.68. The van der Waals surface area contributed by atoms with Crippen LogP contribution in [0.3, 0.4) is 0 Å². The number of hydrogen-bond donors (Lipinski definition) is 3. The summed E-state index contributed by atoms with van der Waals surface area (Å²) in [5.41, 5.74) is 0.756. The van der Waals surface area contributed by atoms with Crippen LogP contribution in [0.1, 0.15) is 33.8 Å². The molecular formula is C17H17N3O7S. The van der Waals surface area contributed by atoms with Gasteiger partial charge < -0.3 is 19.8 Å². The number of esters is 1. The normalized spacial score (nSPS) is 13.6. The molecule has 3 rings (SSSR count). The summed E-state index contributed by atoms with van der Waals surface area (Å²) in [5.74, 6) is -2.31. The maximum atomic E-state index is 12.0. The number of furan rings is 1. The molecule has 2 aromatic rings. The first-order valence-corrected chi connectivity index (χ1v) is 9.77. The highest BCUT2D eigenvalue weighted by Gasteiger charge is 2.24. The number of nitrogens with one attached hydrogen (secondary N) is 2. The topological polar surface area (TPSA) is 158 Å². The fraction of sp³-hybridized carbons (Fsp3) is 0.235. The number of carbonyl (C=O) groups excluding carboxylic acids is 3. The Morgan fingerprint density at radius 1 is 1.18 bits per heavy atom. The van der Waals surface area contributed by atoms with Crippen LogP contribution in [0.2, 0.25) is 0 Å². The lowest BCUT2D eigenvalue weighted by molar-refractivity contribution is -0.119. The van der Waals surface area contributed by atoms with Gasteiger partial charge >= 0.3 is 5.97 Å². The average molecular weight is 407 g/mol. The van der Waals surface area contributed by atoms with Crippen LogP contribution < -0.4 is 15.8 Å². The van der Waals surface area contributed by atoms with Gasteiger partial charge in [-0.3, -0.25) is 9.59 Å². The van der Waals surface area contributed by atoms with E-state index in [2.05, 4.69) is 10.6 Å². The number of anilines is 1. The van der Waals surface area contributed by atoms with Gasteiger partial charge in [0.2, 0.25) is 10.9 Å². The van der Waals surface area contributed by atoms with Gasteiger partial charge in [0.05, 0.1) is 0 Å². The Morgan fingerprint density at radius 2 is 1.93 bits per heavy atom. The van der Waals surface area contributed by atoms with Gasteiger partial charge in [-0.25, -0.2) is 18.4 Å². The molecule has 0 unspecified atom stereocenters. The van der Waals surface area contributed by atoms with E-state index in [1.807, 2.05) is 0 Å². The van der Waals surface area contributed by atoms with E-state index in [0.717, 1.165) is 25.0 Å². The van der Waals surface area contributed by atoms with Crippen molar-refractivity contribution < 1.29 is 32.0 Å². The summed E-state index contributed by atoms with van der Waals surface area (Å²) < 4.78 is 31.8. The second kappa shape index (κ2) is 7.82. The third kappa shape index (κ3) is 5.18. The summed E-state index contributed by atoms with van der Waals surface area (Å²) in [4.78, 5) is 35.8. The molecule has 1 aliphatic rings. The molecule has 0 saturated heterocycles. The molecular weight excluding hydrogens is 390 g/mol. The molecule has 0 bridgehead atoms. The molecule has 0 radical (unpaired) electrons. The van der Waals surface area contributed by atoms with Crippen molar-refractivity contribution >= 4 is 33.5 Å². The lowest BCUT2D eigenvalue weighted by atomic mass is 10.2. The molecule has 1 heterocycles. The van der Waals surface area contributed by atoms with Crippen molar-refractivity contribution in [3.63, 3.8) is 0 Å². The van der Waals surface area contributed by atoms with Gasteiger partial charge in [-0.15, -0.1) is 0 Å². The summed E-state index contributed by atoms with van der Waals surface area (Å²) in [6, 6.07) is 8.60. The summed E-state index contributed by atoms with van der Waals surface area (Å²) in [5, 5.41) is 9.62. The summed E-state index contributed by atoms with van der Waals surface area (Å²) in [6.07, 6.45) is 1.92. The van der Waals surface area contributed by atoms with E-state index in [0.29, 0.717) is 11.3 Å². The van der Waals surface area contributed by atoms with Gasteiger partial charge in [-0.1, -0.05) is 6.07 Å². The largest absolute Gasteiger partial charge is 0.450 e. The Kier molecular flexibility index (Phi) is 5.47. The SMILES string of the molecule is NS(=O)(=O)c1ccc(C(=O)OCC(=O)Nc2cccc(C(=O)NC3CC3)c2)o1. The predicted octanol–water partition coefficient (Wildman–Crippen LogP) is 0.615. The van der Waals surface area contributed by atoms with Crippen molar-refractivity contribution in [1.29, 1.82) is 0 Å². The Balaban J connectivity index is 1.53. The van der Waals surface area contributed by atoms with E-state index >= 15 is 0 Å². The standard InChI is InChI=1S/C17H17N3O7S/c18-28(24,25)15-7-6-13(27-15)17(23)26-9-14(21)19-12-3-1-2-10(8-12)16(22)20-11-4-5-11/h1-3,6-8,11H,4-5,9H2,(H,19,21)(H,20,22)(H2,18,24,25). The minimum absolute atomic E-state index is 0.210. The second-order valence-corrected chi connectivity index (χ2v) is 7.61. The Bertz CT molecular complexity index is 1020. The molecule has 1 saturated carbocycles. The molecule has 1 fully saturated rings. The number of ether oxygens (including phenoxy) is 1. The van der Waals surface area contributed by atoms with Gasteiger partial charge in [0, 0.05) is 17.3 Å². The van der Waals surface area contributed by atoms with Crippen LogP contribution >= 0.6 is 0 Å². The average Bonchev–Trinajstić information content (AvgIpc) is 3.29. The summed E-state index contributed by atoms with van der Waals surface area (Å²) >= 11 is 0. The third-order valence-electron chi connectivity index (χ3n) is 3.72. The first-order valence-electron chi connectivity index (χ1n) is 8.23. The predicted molar refractivity (Wildman–Crippen MR) is 95.9 cm³/mol. The van der Waals surface area contributed by atoms with Crippen molar-refractivity contribution in [2.45, 2.75) is 24.0 Å². The van der Waals surface area contributed by atoms with Crippen molar-refractivity contribution in [3.8, 4) is 0 Å². The highest BCUT2D eigenvalue weighted by atomic mass is 32.2. The van der Waals surface area contributed by atoms with E-state index < -0.39 is 39.4 Å². The highest BCUT2D eigenvalue weighted by Crippen LogP contribution is 2.20. The highest BCUT2D eigenvalue weighted by molar-refractivity contribution is 7.89. The Hall–Kier alpha value is -3.18. The van der Waals surface area contributed by atoms with Crippen LogP contribution in [0.15, 0.2) is 45.9 Å². The molecule has 10 nitrogen and oxygen atoms in total. The number of benzene rings is 1. The zero-order chi connectivity index (χ0) is 20.3. The zero-order valence-electron chi connectivity index (χ0n) is 14.5. The van der Waals surface area contributed by atoms with E-state index in [9.17, 15) is 22.8 Å². The van der Waals surface area contributed by atoms with Gasteiger partial charge in [0.1, 0.15) is 0 Å². The molecule has 11 heteroatoms. The lowest BCUT2D eigenvalue weighted by Crippen LogP contribution is -2.25. The molecule has 1 aromatic heterocycles. The maximum Gasteiger partial charge on any atom is 0.374 e. The Labute approximate surface area is 160 Å². The van der Waals surface area contributed by atoms with Crippen LogP contribution in [0.25, 0.3) is 0 Å². The third-order valence-corrected chi connectivity index (χ3v) is 4.50. The molecule has 148 valence electrons. The number of amides is 2. The number of hydrogen-bond acceptors (Lipinski definition) is 7. The fourth-order valence-electron chi connectivity index (χ4n) is 2.22. The molecule has 28 heavy (non-hydrogen) atoms. The van der Waals surface area contributed by atoms with Crippen LogP contribution in [0, 0.1) is 0 Å². The zero-order valence-corrected chi connectivity index (χ0v) is 15.3. The number of rotatable bonds is 7. The van der Waals surface area contributed by atoms with E-state index in [1.165, 1.54) is 6.07 Å². The first-order chi connectivity index (χ1) is 13.2. The van der Waals surface area contributed by atoms with Crippen LogP contribution in [0.5, 0.6) is 0 Å². The van der Waals surface area contributed by atoms with Crippen molar-refractivity contribution in [3.05, 3.63) is 47.7 Å². The molecule has 0 spiro atoms. The van der Waals surface area contributed by atoms with Crippen LogP contribution in [-0.4, -0.2) is 38.9 Å². The number of primary sulfonamides is 1. The summed E-state index contributed by atoms with van der Waals surface area (Å²) in [7, 11) is -4.09. The summed E-state index contributed by atoms with van der Waals surface area (Å²) in [6.45, 7) is -0.636. The minimum atomic E-state index is -4.09. The van der Waals surface area contributed by atoms with Crippen LogP contribution in [-0.2, 0) is 19.6 Å². The minimum Gasteiger partial charge on any atom is -0.450 e. The molecule has 2 amide bonds. The smallest absolute Gasteiger partial charge is 0.374 e. The first kappa shape index (κ1) is 19.6. The number of sulfonamides is 1. The quantitative estimate of drug-likeness (QED) is 0.567. The van der Waals surface area contributed by atoms with Crippen LogP contribution in [0.4, 0.5) is 5.69 Å². The number of carbonyl (C=O) groups is 3. The van der Waals surface area contributed by atoms with E-state index in [4.69, 9.17) is 14.3 Å². The molecule has 0 atom stereocenters. The molecule has 1 aliphatic carbocycles. The number of nitrogens with two attached hydrogens (primary N) is 1. The van der Waals surface area contributed by atoms with Gasteiger partial charge in [0.25, 0.3) is 21.8 Å². The van der Waals surface area contributed by atoms with Crippen molar-refractivity contribution in [1.82, 2.24) is 5.32 Å². The van der Waals surface area contributed by atoms with Gasteiger partial charge in [0.15, 0.2) is 6.61 Å². The maximum absolute atomic E-state index is 12.0. The molecule has 1 aromatic carbocycles. The van der Waals surface area contributed by atoms with Crippen molar-refractivity contribution in [2.24, 2.45) is 5.14 Å².